The molecule has 2 rings (SSSR count). The fraction of sp³-hybridized carbons (Fsp3) is 0.600. The largest absolute Gasteiger partial charge is 0.490 e. The van der Waals surface area contributed by atoms with Crippen LogP contribution in [0.1, 0.15) is 26.2 Å². The molecule has 1 fully saturated rings. The number of nitrogens with zero attached hydrogens (tertiary/aromatic N) is 1. The second-order valence-corrected chi connectivity index (χ2v) is 5.11. The highest BCUT2D eigenvalue weighted by atomic mass is 19.1. The third kappa shape index (κ3) is 3.54. The van der Waals surface area contributed by atoms with E-state index in [1.807, 2.05) is 6.92 Å². The van der Waals surface area contributed by atoms with E-state index in [0.29, 0.717) is 24.9 Å². The fourth-order valence-electron chi connectivity index (χ4n) is 2.20. The summed E-state index contributed by atoms with van der Waals surface area (Å²) < 4.78 is 24.4. The maximum atomic E-state index is 13.8. The maximum absolute atomic E-state index is 13.8. The minimum atomic E-state index is -0.401. The van der Waals surface area contributed by atoms with E-state index in [0.717, 1.165) is 31.5 Å². The molecule has 0 aromatic heterocycles. The van der Waals surface area contributed by atoms with Crippen LogP contribution in [0.3, 0.4) is 0 Å². The third-order valence-corrected chi connectivity index (χ3v) is 3.38. The predicted molar refractivity (Wildman–Crippen MR) is 78.8 cm³/mol. The number of nitrogen functional groups attached to an aromatic ring is 1. The first-order valence-corrected chi connectivity index (χ1v) is 7.14. The first kappa shape index (κ1) is 14.9. The van der Waals surface area contributed by atoms with Gasteiger partial charge in [0.1, 0.15) is 0 Å². The minimum absolute atomic E-state index is 0.277. The molecular formula is C15H23FN2O2. The number of rotatable bonds is 8. The van der Waals surface area contributed by atoms with Crippen molar-refractivity contribution in [3.05, 3.63) is 17.9 Å². The molecule has 112 valence electrons. The lowest BCUT2D eigenvalue weighted by atomic mass is 10.2. The van der Waals surface area contributed by atoms with Crippen molar-refractivity contribution in [3.63, 3.8) is 0 Å². The van der Waals surface area contributed by atoms with Crippen LogP contribution in [-0.4, -0.2) is 32.9 Å². The molecule has 2 N–H and O–H groups in total. The lowest BCUT2D eigenvalue weighted by Crippen LogP contribution is -2.30. The van der Waals surface area contributed by atoms with E-state index in [4.69, 9.17) is 15.2 Å². The van der Waals surface area contributed by atoms with Crippen LogP contribution in [0.5, 0.6) is 5.75 Å². The molecule has 1 saturated carbocycles. The highest BCUT2D eigenvalue weighted by Gasteiger charge is 2.30. The van der Waals surface area contributed by atoms with Gasteiger partial charge in [-0.05, 0) is 19.3 Å². The Hall–Kier alpha value is -1.49. The van der Waals surface area contributed by atoms with Gasteiger partial charge in [0.15, 0.2) is 11.6 Å². The van der Waals surface area contributed by atoms with E-state index in [-0.39, 0.29) is 5.75 Å². The summed E-state index contributed by atoms with van der Waals surface area (Å²) in [5.74, 6) is -0.124. The van der Waals surface area contributed by atoms with Crippen LogP contribution >= 0.6 is 0 Å². The highest BCUT2D eigenvalue weighted by Crippen LogP contribution is 2.37. The number of anilines is 2. The molecule has 0 heterocycles. The highest BCUT2D eigenvalue weighted by molar-refractivity contribution is 5.71. The van der Waals surface area contributed by atoms with E-state index < -0.39 is 5.82 Å². The van der Waals surface area contributed by atoms with Gasteiger partial charge in [-0.15, -0.1) is 0 Å². The summed E-state index contributed by atoms with van der Waals surface area (Å²) in [6, 6.07) is 3.55. The smallest absolute Gasteiger partial charge is 0.167 e. The summed E-state index contributed by atoms with van der Waals surface area (Å²) in [5, 5.41) is 0. The number of hydrogen-bond acceptors (Lipinski definition) is 4. The number of ether oxygens (including phenoxy) is 2. The quantitative estimate of drug-likeness (QED) is 0.745. The van der Waals surface area contributed by atoms with Gasteiger partial charge >= 0.3 is 0 Å². The maximum Gasteiger partial charge on any atom is 0.167 e. The predicted octanol–water partition coefficient (Wildman–Crippen LogP) is 2.81. The third-order valence-electron chi connectivity index (χ3n) is 3.38. The van der Waals surface area contributed by atoms with Crippen LogP contribution in [0.4, 0.5) is 15.8 Å². The van der Waals surface area contributed by atoms with E-state index in [9.17, 15) is 4.39 Å². The summed E-state index contributed by atoms with van der Waals surface area (Å²) in [7, 11) is 1.68. The molecule has 1 aromatic rings. The van der Waals surface area contributed by atoms with Crippen molar-refractivity contribution in [1.82, 2.24) is 0 Å². The van der Waals surface area contributed by atoms with Crippen molar-refractivity contribution in [2.75, 3.05) is 37.5 Å². The summed E-state index contributed by atoms with van der Waals surface area (Å²) in [6.45, 7) is 3.87. The lowest BCUT2D eigenvalue weighted by Gasteiger charge is -2.26. The molecular weight excluding hydrogens is 259 g/mol. The second-order valence-electron chi connectivity index (χ2n) is 5.11. The van der Waals surface area contributed by atoms with Gasteiger partial charge in [-0.2, -0.15) is 0 Å². The average Bonchev–Trinajstić information content (AvgIpc) is 3.24. The van der Waals surface area contributed by atoms with Crippen molar-refractivity contribution in [2.24, 2.45) is 0 Å². The Balaban J connectivity index is 2.23. The lowest BCUT2D eigenvalue weighted by molar-refractivity contribution is 0.205. The fourth-order valence-corrected chi connectivity index (χ4v) is 2.20. The van der Waals surface area contributed by atoms with Crippen LogP contribution in [-0.2, 0) is 4.74 Å². The Kier molecular flexibility index (Phi) is 5.06. The van der Waals surface area contributed by atoms with Crippen LogP contribution in [0.15, 0.2) is 12.1 Å². The standard InChI is InChI=1S/C15H23FN2O2/c1-3-7-20-15-10-14(13(17)9-12(15)16)18(6-8-19-2)11-4-5-11/h9-11H,3-8,17H2,1-2H3. The van der Waals surface area contributed by atoms with E-state index in [2.05, 4.69) is 4.90 Å². The van der Waals surface area contributed by atoms with Gasteiger partial charge in [0, 0.05) is 31.8 Å². The number of halogens is 1. The first-order valence-electron chi connectivity index (χ1n) is 7.14. The number of nitrogens with two attached hydrogens (primary N) is 1. The molecule has 0 saturated heterocycles. The molecule has 20 heavy (non-hydrogen) atoms. The molecule has 1 aliphatic carbocycles. The SMILES string of the molecule is CCCOc1cc(N(CCOC)C2CC2)c(N)cc1F. The topological polar surface area (TPSA) is 47.7 Å². The van der Waals surface area contributed by atoms with Crippen LogP contribution in [0.25, 0.3) is 0 Å². The summed E-state index contributed by atoms with van der Waals surface area (Å²) in [5.41, 5.74) is 7.28. The van der Waals surface area contributed by atoms with Crippen molar-refractivity contribution >= 4 is 11.4 Å². The molecule has 0 spiro atoms. The monoisotopic (exact) mass is 282 g/mol. The van der Waals surface area contributed by atoms with Gasteiger partial charge in [-0.1, -0.05) is 6.92 Å². The zero-order chi connectivity index (χ0) is 14.5. The van der Waals surface area contributed by atoms with Crippen LogP contribution in [0.2, 0.25) is 0 Å². The number of hydrogen-bond donors (Lipinski definition) is 1. The Bertz CT molecular complexity index is 450. The molecule has 0 radical (unpaired) electrons. The number of methoxy groups -OCH3 is 1. The summed E-state index contributed by atoms with van der Waals surface area (Å²) in [4.78, 5) is 2.19. The van der Waals surface area contributed by atoms with E-state index >= 15 is 0 Å². The molecule has 0 aliphatic heterocycles. The molecule has 0 amide bonds. The normalized spacial score (nSPS) is 14.3. The Morgan fingerprint density at radius 2 is 2.10 bits per heavy atom. The van der Waals surface area contributed by atoms with E-state index in [1.54, 1.807) is 13.2 Å². The second kappa shape index (κ2) is 6.79. The van der Waals surface area contributed by atoms with Crippen LogP contribution < -0.4 is 15.4 Å². The summed E-state index contributed by atoms with van der Waals surface area (Å²) in [6.07, 6.45) is 3.13. The van der Waals surface area contributed by atoms with Gasteiger partial charge in [0.05, 0.1) is 24.6 Å². The number of benzene rings is 1. The van der Waals surface area contributed by atoms with Gasteiger partial charge in [0.25, 0.3) is 0 Å². The molecule has 4 nitrogen and oxygen atoms in total. The van der Waals surface area contributed by atoms with Gasteiger partial charge in [-0.25, -0.2) is 4.39 Å². The Morgan fingerprint density at radius 3 is 2.70 bits per heavy atom. The first-order chi connectivity index (χ1) is 9.67. The Morgan fingerprint density at radius 1 is 1.35 bits per heavy atom. The summed E-state index contributed by atoms with van der Waals surface area (Å²) >= 11 is 0. The molecule has 0 bridgehead atoms. The average molecular weight is 282 g/mol. The van der Waals surface area contributed by atoms with Gasteiger partial charge in [-0.3, -0.25) is 0 Å². The van der Waals surface area contributed by atoms with Gasteiger partial charge < -0.3 is 20.1 Å². The zero-order valence-electron chi connectivity index (χ0n) is 12.2. The van der Waals surface area contributed by atoms with Crippen LogP contribution in [0, 0.1) is 5.82 Å². The molecule has 0 atom stereocenters. The molecule has 0 unspecified atom stereocenters. The van der Waals surface area contributed by atoms with Crippen molar-refractivity contribution in [1.29, 1.82) is 0 Å². The zero-order valence-corrected chi connectivity index (χ0v) is 12.2. The van der Waals surface area contributed by atoms with Gasteiger partial charge in [0.2, 0.25) is 0 Å². The van der Waals surface area contributed by atoms with E-state index in [1.165, 1.54) is 6.07 Å². The molecule has 5 heteroatoms. The molecule has 1 aliphatic rings. The molecule has 1 aromatic carbocycles. The van der Waals surface area contributed by atoms with Crippen molar-refractivity contribution in [2.45, 2.75) is 32.2 Å². The van der Waals surface area contributed by atoms with Crippen molar-refractivity contribution in [3.8, 4) is 5.75 Å². The van der Waals surface area contributed by atoms with Crippen molar-refractivity contribution < 1.29 is 13.9 Å². The minimum Gasteiger partial charge on any atom is -0.490 e. The Labute approximate surface area is 119 Å².